The maximum Gasteiger partial charge on any atom is 0.0889 e. The van der Waals surface area contributed by atoms with E-state index >= 15 is 0 Å². The van der Waals surface area contributed by atoms with Crippen LogP contribution in [-0.4, -0.2) is 9.97 Å². The second kappa shape index (κ2) is 4.34. The van der Waals surface area contributed by atoms with Crippen molar-refractivity contribution in [2.24, 2.45) is 5.92 Å². The van der Waals surface area contributed by atoms with Gasteiger partial charge in [-0.25, -0.2) is 0 Å². The van der Waals surface area contributed by atoms with Gasteiger partial charge in [-0.1, -0.05) is 18.4 Å². The molecule has 0 aromatic carbocycles. The Labute approximate surface area is 105 Å². The third-order valence-corrected chi connectivity index (χ3v) is 2.81. The van der Waals surface area contributed by atoms with Gasteiger partial charge in [0.2, 0.25) is 0 Å². The molecule has 3 nitrogen and oxygen atoms in total. The molecule has 18 heavy (non-hydrogen) atoms. The number of pyridine rings is 2. The van der Waals surface area contributed by atoms with Gasteiger partial charge in [0.05, 0.1) is 17.0 Å². The van der Waals surface area contributed by atoms with Crippen molar-refractivity contribution in [1.82, 2.24) is 15.3 Å². The normalized spacial score (nSPS) is 17.3. The molecule has 0 spiro atoms. The highest BCUT2D eigenvalue weighted by Crippen LogP contribution is 2.15. The van der Waals surface area contributed by atoms with Crippen LogP contribution in [0.4, 0.5) is 0 Å². The monoisotopic (exact) mass is 233 g/mol. The maximum absolute atomic E-state index is 4.35. The summed E-state index contributed by atoms with van der Waals surface area (Å²) in [5, 5.41) is 4.04. The minimum absolute atomic E-state index is 0.0592. The van der Waals surface area contributed by atoms with Crippen LogP contribution in [0.2, 0.25) is 0 Å². The third-order valence-electron chi connectivity index (χ3n) is 2.81. The molecule has 3 heterocycles. The Morgan fingerprint density at radius 1 is 1.33 bits per heavy atom. The largest absolute Gasteiger partial charge is 0.364 e. The Morgan fingerprint density at radius 3 is 3.11 bits per heavy atom. The van der Waals surface area contributed by atoms with Crippen LogP contribution in [0.5, 0.6) is 0 Å². The van der Waals surface area contributed by atoms with E-state index in [-0.39, 0.29) is 5.92 Å². The quantitative estimate of drug-likeness (QED) is 0.709. The zero-order chi connectivity index (χ0) is 12.4. The Hall–Kier alpha value is -2.60. The predicted molar refractivity (Wildman–Crippen MR) is 71.3 cm³/mol. The Kier molecular flexibility index (Phi) is 2.54. The molecular formula is C15H11N3. The molecule has 0 aliphatic carbocycles. The van der Waals surface area contributed by atoms with Gasteiger partial charge >= 0.3 is 0 Å². The first-order valence-electron chi connectivity index (χ1n) is 5.67. The van der Waals surface area contributed by atoms with Gasteiger partial charge in [-0.15, -0.1) is 0 Å². The van der Waals surface area contributed by atoms with Gasteiger partial charge in [-0.3, -0.25) is 9.97 Å². The number of fused-ring (bicyclic) bond motifs is 1. The first kappa shape index (κ1) is 10.5. The van der Waals surface area contributed by atoms with Crippen LogP contribution in [0.3, 0.4) is 0 Å². The van der Waals surface area contributed by atoms with Gasteiger partial charge in [-0.2, -0.15) is 0 Å². The van der Waals surface area contributed by atoms with E-state index in [0.717, 1.165) is 22.2 Å². The van der Waals surface area contributed by atoms with Gasteiger partial charge in [-0.05, 0) is 24.4 Å². The number of nitrogens with one attached hydrogen (secondary N) is 1. The Bertz CT molecular complexity index is 699. The van der Waals surface area contributed by atoms with Crippen molar-refractivity contribution in [3.63, 3.8) is 0 Å². The molecule has 3 rings (SSSR count). The molecule has 0 saturated carbocycles. The fraction of sp³-hybridized carbons (Fsp3) is 0.0667. The van der Waals surface area contributed by atoms with Crippen LogP contribution < -0.4 is 5.32 Å². The van der Waals surface area contributed by atoms with Crippen LogP contribution in [0.15, 0.2) is 55.3 Å². The summed E-state index contributed by atoms with van der Waals surface area (Å²) in [5.74, 6) is 6.35. The van der Waals surface area contributed by atoms with Crippen LogP contribution in [0.25, 0.3) is 10.9 Å². The highest BCUT2D eigenvalue weighted by Gasteiger charge is 2.09. The molecule has 3 heteroatoms. The molecule has 0 saturated heterocycles. The van der Waals surface area contributed by atoms with Crippen molar-refractivity contribution >= 4 is 10.9 Å². The first-order chi connectivity index (χ1) is 8.84. The van der Waals surface area contributed by atoms with Crippen molar-refractivity contribution in [3.8, 4) is 11.8 Å². The average Bonchev–Trinajstić information content (AvgIpc) is 2.82. The van der Waals surface area contributed by atoms with E-state index < -0.39 is 0 Å². The summed E-state index contributed by atoms with van der Waals surface area (Å²) in [6, 6.07) is 3.88. The van der Waals surface area contributed by atoms with E-state index in [0.29, 0.717) is 0 Å². The minimum atomic E-state index is 0.0592. The van der Waals surface area contributed by atoms with Crippen molar-refractivity contribution in [2.75, 3.05) is 0 Å². The van der Waals surface area contributed by atoms with Crippen LogP contribution in [0.1, 0.15) is 5.56 Å². The standard InChI is InChI=1S/C15H11N3/c1-11-12(6-8-17-11)4-5-14-10-16-9-13-3-2-7-18-15(13)14/h2-3,6-10,12,17H,1H2. The molecule has 86 valence electrons. The SMILES string of the molecule is C=C1NC=CC1C#Cc1cncc2cccnc12. The Morgan fingerprint density at radius 2 is 2.28 bits per heavy atom. The summed E-state index contributed by atoms with van der Waals surface area (Å²) < 4.78 is 0. The number of rotatable bonds is 0. The van der Waals surface area contributed by atoms with E-state index in [1.54, 1.807) is 18.6 Å². The number of hydrogen-bond donors (Lipinski definition) is 1. The van der Waals surface area contributed by atoms with E-state index in [4.69, 9.17) is 0 Å². The summed E-state index contributed by atoms with van der Waals surface area (Å²) in [6.45, 7) is 3.90. The fourth-order valence-electron chi connectivity index (χ4n) is 1.84. The molecule has 1 N–H and O–H groups in total. The minimum Gasteiger partial charge on any atom is -0.364 e. The lowest BCUT2D eigenvalue weighted by atomic mass is 10.1. The molecule has 2 aromatic heterocycles. The summed E-state index contributed by atoms with van der Waals surface area (Å²) >= 11 is 0. The van der Waals surface area contributed by atoms with Gasteiger partial charge in [0.1, 0.15) is 0 Å². The van der Waals surface area contributed by atoms with Crippen LogP contribution in [-0.2, 0) is 0 Å². The highest BCUT2D eigenvalue weighted by atomic mass is 14.9. The number of hydrogen-bond acceptors (Lipinski definition) is 3. The second-order valence-corrected chi connectivity index (χ2v) is 4.04. The molecule has 1 unspecified atom stereocenters. The zero-order valence-corrected chi connectivity index (χ0v) is 9.72. The third kappa shape index (κ3) is 1.85. The lowest BCUT2D eigenvalue weighted by molar-refractivity contribution is 0.964. The van der Waals surface area contributed by atoms with E-state index in [1.807, 2.05) is 24.4 Å². The van der Waals surface area contributed by atoms with Crippen molar-refractivity contribution in [2.45, 2.75) is 0 Å². The van der Waals surface area contributed by atoms with Gasteiger partial charge in [0.15, 0.2) is 0 Å². The van der Waals surface area contributed by atoms with Gasteiger partial charge < -0.3 is 5.32 Å². The topological polar surface area (TPSA) is 37.8 Å². The van der Waals surface area contributed by atoms with E-state index in [9.17, 15) is 0 Å². The summed E-state index contributed by atoms with van der Waals surface area (Å²) in [7, 11) is 0. The highest BCUT2D eigenvalue weighted by molar-refractivity contribution is 5.83. The molecule has 2 aromatic rings. The van der Waals surface area contributed by atoms with Crippen molar-refractivity contribution in [3.05, 3.63) is 60.8 Å². The maximum atomic E-state index is 4.35. The first-order valence-corrected chi connectivity index (χ1v) is 5.67. The summed E-state index contributed by atoms with van der Waals surface area (Å²) in [5.41, 5.74) is 2.64. The molecule has 1 aliphatic rings. The fourth-order valence-corrected chi connectivity index (χ4v) is 1.84. The summed E-state index contributed by atoms with van der Waals surface area (Å²) in [6.07, 6.45) is 9.16. The lowest BCUT2D eigenvalue weighted by Gasteiger charge is -2.01. The molecule has 1 atom stereocenters. The molecule has 1 aliphatic heterocycles. The molecule has 0 radical (unpaired) electrons. The summed E-state index contributed by atoms with van der Waals surface area (Å²) in [4.78, 5) is 8.53. The Balaban J connectivity index is 2.03. The molecular weight excluding hydrogens is 222 g/mol. The lowest BCUT2D eigenvalue weighted by Crippen LogP contribution is -2.02. The molecule has 0 fully saturated rings. The van der Waals surface area contributed by atoms with Crippen molar-refractivity contribution < 1.29 is 0 Å². The second-order valence-electron chi connectivity index (χ2n) is 4.04. The van der Waals surface area contributed by atoms with Crippen molar-refractivity contribution in [1.29, 1.82) is 0 Å². The van der Waals surface area contributed by atoms with E-state index in [1.165, 1.54) is 0 Å². The number of aromatic nitrogens is 2. The van der Waals surface area contributed by atoms with Crippen LogP contribution in [0, 0.1) is 17.8 Å². The zero-order valence-electron chi connectivity index (χ0n) is 9.72. The predicted octanol–water partition coefficient (Wildman–Crippen LogP) is 2.23. The van der Waals surface area contributed by atoms with Gasteiger partial charge in [0, 0.05) is 29.7 Å². The number of nitrogens with zero attached hydrogens (tertiary/aromatic N) is 2. The van der Waals surface area contributed by atoms with Crippen LogP contribution >= 0.6 is 0 Å². The molecule has 0 amide bonds. The van der Waals surface area contributed by atoms with E-state index in [2.05, 4.69) is 33.7 Å². The number of allylic oxidation sites excluding steroid dienone is 1. The smallest absolute Gasteiger partial charge is 0.0889 e. The molecule has 0 bridgehead atoms. The average molecular weight is 233 g/mol. The van der Waals surface area contributed by atoms with Gasteiger partial charge in [0.25, 0.3) is 0 Å².